The molecule has 0 radical (unpaired) electrons. The predicted molar refractivity (Wildman–Crippen MR) is 154 cm³/mol. The van der Waals surface area contributed by atoms with Crippen molar-refractivity contribution in [2.24, 2.45) is 17.6 Å². The van der Waals surface area contributed by atoms with Gasteiger partial charge in [0.05, 0.1) is 0 Å². The molecule has 0 aliphatic carbocycles. The summed E-state index contributed by atoms with van der Waals surface area (Å²) in [4.78, 5) is 62.7. The van der Waals surface area contributed by atoms with Gasteiger partial charge in [-0.15, -0.1) is 0 Å². The Bertz CT molecular complexity index is 1010. The molecule has 5 amide bonds. The second-order valence-electron chi connectivity index (χ2n) is 11.7. The molecule has 0 saturated heterocycles. The zero-order chi connectivity index (χ0) is 31.2. The molecular formula is C29H47N5O7. The highest BCUT2D eigenvalue weighted by Gasteiger charge is 2.31. The van der Waals surface area contributed by atoms with Crippen molar-refractivity contribution >= 4 is 29.9 Å². The van der Waals surface area contributed by atoms with Crippen LogP contribution < -0.4 is 27.0 Å². The molecular weight excluding hydrogens is 530 g/mol. The molecule has 0 saturated carbocycles. The quantitative estimate of drug-likeness (QED) is 0.199. The van der Waals surface area contributed by atoms with Crippen molar-refractivity contribution in [2.45, 2.75) is 98.1 Å². The summed E-state index contributed by atoms with van der Waals surface area (Å²) >= 11 is 0. The Morgan fingerprint density at radius 3 is 2.02 bits per heavy atom. The lowest BCUT2D eigenvalue weighted by Gasteiger charge is -2.28. The largest absolute Gasteiger partial charge is 0.445 e. The Kier molecular flexibility index (Phi) is 14.7. The molecule has 1 aromatic carbocycles. The number of carbonyl (C=O) groups is 5. The van der Waals surface area contributed by atoms with Crippen LogP contribution in [0.4, 0.5) is 9.59 Å². The van der Waals surface area contributed by atoms with Gasteiger partial charge in [0.2, 0.25) is 17.7 Å². The molecule has 1 aromatic rings. The number of alkyl carbamates (subject to hydrolysis) is 2. The molecule has 230 valence electrons. The molecule has 3 atom stereocenters. The van der Waals surface area contributed by atoms with Crippen LogP contribution in [0.25, 0.3) is 0 Å². The van der Waals surface area contributed by atoms with E-state index in [0.717, 1.165) is 5.56 Å². The lowest BCUT2D eigenvalue weighted by molar-refractivity contribution is -0.133. The number of hydrogen-bond acceptors (Lipinski definition) is 7. The van der Waals surface area contributed by atoms with Gasteiger partial charge >= 0.3 is 12.2 Å². The van der Waals surface area contributed by atoms with Gasteiger partial charge in [-0.1, -0.05) is 58.0 Å². The number of nitrogens with two attached hydrogens (primary N) is 1. The molecule has 0 unspecified atom stereocenters. The molecule has 6 N–H and O–H groups in total. The predicted octanol–water partition coefficient (Wildman–Crippen LogP) is 2.74. The summed E-state index contributed by atoms with van der Waals surface area (Å²) < 4.78 is 10.5. The SMILES string of the molecule is CC(C)C[C@H](NC(=O)[C@H](NC(=O)[C@@H](CCCNC(=O)OCc1ccccc1)NC(=O)OC(C)(C)C)C(C)C)C(N)=O. The van der Waals surface area contributed by atoms with Gasteiger partial charge in [0.1, 0.15) is 30.3 Å². The number of ether oxygens (including phenoxy) is 2. The van der Waals surface area contributed by atoms with E-state index in [4.69, 9.17) is 15.2 Å². The molecule has 0 spiro atoms. The first kappa shape index (κ1) is 35.2. The maximum absolute atomic E-state index is 13.3. The summed E-state index contributed by atoms with van der Waals surface area (Å²) in [5.41, 5.74) is 5.51. The van der Waals surface area contributed by atoms with Crippen LogP contribution in [0, 0.1) is 11.8 Å². The molecule has 41 heavy (non-hydrogen) atoms. The number of benzene rings is 1. The summed E-state index contributed by atoms with van der Waals surface area (Å²) in [5, 5.41) is 10.5. The highest BCUT2D eigenvalue weighted by molar-refractivity contribution is 5.93. The summed E-state index contributed by atoms with van der Waals surface area (Å²) in [7, 11) is 0. The monoisotopic (exact) mass is 577 g/mol. The van der Waals surface area contributed by atoms with Gasteiger partial charge in [0, 0.05) is 6.54 Å². The van der Waals surface area contributed by atoms with Crippen molar-refractivity contribution in [3.63, 3.8) is 0 Å². The highest BCUT2D eigenvalue weighted by atomic mass is 16.6. The number of carbonyl (C=O) groups excluding carboxylic acids is 5. The van der Waals surface area contributed by atoms with Crippen molar-refractivity contribution in [1.82, 2.24) is 21.3 Å². The molecule has 12 heteroatoms. The Morgan fingerprint density at radius 1 is 0.854 bits per heavy atom. The van der Waals surface area contributed by atoms with Gasteiger partial charge < -0.3 is 36.5 Å². The first-order valence-corrected chi connectivity index (χ1v) is 13.9. The second-order valence-corrected chi connectivity index (χ2v) is 11.7. The fraction of sp³-hybridized carbons (Fsp3) is 0.621. The van der Waals surface area contributed by atoms with E-state index in [9.17, 15) is 24.0 Å². The van der Waals surface area contributed by atoms with E-state index >= 15 is 0 Å². The maximum atomic E-state index is 13.3. The number of amides is 5. The van der Waals surface area contributed by atoms with Crippen LogP contribution in [0.15, 0.2) is 30.3 Å². The van der Waals surface area contributed by atoms with Gasteiger partial charge in [-0.2, -0.15) is 0 Å². The van der Waals surface area contributed by atoms with Crippen LogP contribution in [0.5, 0.6) is 0 Å². The van der Waals surface area contributed by atoms with Crippen molar-refractivity contribution in [3.05, 3.63) is 35.9 Å². The van der Waals surface area contributed by atoms with E-state index in [1.54, 1.807) is 34.6 Å². The van der Waals surface area contributed by atoms with Gasteiger partial charge in [-0.3, -0.25) is 14.4 Å². The smallest absolute Gasteiger partial charge is 0.408 e. The van der Waals surface area contributed by atoms with Gasteiger partial charge in [-0.25, -0.2) is 9.59 Å². The first-order chi connectivity index (χ1) is 19.1. The zero-order valence-electron chi connectivity index (χ0n) is 25.2. The molecule has 0 aromatic heterocycles. The number of nitrogens with one attached hydrogen (secondary N) is 4. The van der Waals surface area contributed by atoms with Gasteiger partial charge in [0.15, 0.2) is 0 Å². The Morgan fingerprint density at radius 2 is 1.49 bits per heavy atom. The number of rotatable bonds is 15. The topological polar surface area (TPSA) is 178 Å². The molecule has 0 aliphatic heterocycles. The number of hydrogen-bond donors (Lipinski definition) is 5. The Hall–Kier alpha value is -3.83. The average molecular weight is 578 g/mol. The Labute approximate surface area is 242 Å². The standard InChI is InChI=1S/C29H47N5O7/c1-18(2)16-22(24(30)35)32-26(37)23(19(3)4)34-25(36)21(33-28(39)41-29(5,6)7)14-11-15-31-27(38)40-17-20-12-9-8-10-13-20/h8-10,12-13,18-19,21-23H,11,14-17H2,1-7H3,(H2,30,35)(H,31,38)(H,32,37)(H,33,39)(H,34,36)/t21-,22+,23-/m1/s1. The van der Waals surface area contributed by atoms with Gasteiger partial charge in [0.25, 0.3) is 0 Å². The third-order valence-electron chi connectivity index (χ3n) is 5.77. The van der Waals surface area contributed by atoms with Crippen LogP contribution in [-0.2, 0) is 30.5 Å². The highest BCUT2D eigenvalue weighted by Crippen LogP contribution is 2.10. The lowest BCUT2D eigenvalue weighted by atomic mass is 9.99. The molecule has 0 heterocycles. The van der Waals surface area contributed by atoms with E-state index < -0.39 is 53.6 Å². The fourth-order valence-electron chi connectivity index (χ4n) is 3.76. The van der Waals surface area contributed by atoms with Crippen LogP contribution in [-0.4, -0.2) is 60.2 Å². The third-order valence-corrected chi connectivity index (χ3v) is 5.77. The lowest BCUT2D eigenvalue weighted by Crippen LogP contribution is -2.58. The normalized spacial score (nSPS) is 13.5. The van der Waals surface area contributed by atoms with Crippen LogP contribution in [0.1, 0.15) is 73.3 Å². The van der Waals surface area contributed by atoms with Crippen LogP contribution in [0.2, 0.25) is 0 Å². The number of primary amides is 1. The van der Waals surface area contributed by atoms with Gasteiger partial charge in [-0.05, 0) is 57.4 Å². The Balaban J connectivity index is 2.84. The summed E-state index contributed by atoms with van der Waals surface area (Å²) in [5.74, 6) is -2.08. The minimum absolute atomic E-state index is 0.103. The van der Waals surface area contributed by atoms with Crippen molar-refractivity contribution in [2.75, 3.05) is 6.54 Å². The van der Waals surface area contributed by atoms with E-state index in [0.29, 0.717) is 12.8 Å². The zero-order valence-corrected chi connectivity index (χ0v) is 25.2. The summed E-state index contributed by atoms with van der Waals surface area (Å²) in [6.07, 6.45) is -0.622. The fourth-order valence-corrected chi connectivity index (χ4v) is 3.76. The second kappa shape index (κ2) is 17.1. The average Bonchev–Trinajstić information content (AvgIpc) is 2.86. The molecule has 0 bridgehead atoms. The van der Waals surface area contributed by atoms with Crippen LogP contribution in [0.3, 0.4) is 0 Å². The van der Waals surface area contributed by atoms with Crippen LogP contribution >= 0.6 is 0 Å². The maximum Gasteiger partial charge on any atom is 0.408 e. The first-order valence-electron chi connectivity index (χ1n) is 13.9. The van der Waals surface area contributed by atoms with Crippen molar-refractivity contribution in [1.29, 1.82) is 0 Å². The summed E-state index contributed by atoms with van der Waals surface area (Å²) in [6, 6.07) is 6.27. The molecule has 12 nitrogen and oxygen atoms in total. The van der Waals surface area contributed by atoms with Crippen molar-refractivity contribution < 1.29 is 33.4 Å². The minimum Gasteiger partial charge on any atom is -0.445 e. The molecule has 1 rings (SSSR count). The molecule has 0 fully saturated rings. The van der Waals surface area contributed by atoms with E-state index in [2.05, 4.69) is 21.3 Å². The third kappa shape index (κ3) is 14.9. The summed E-state index contributed by atoms with van der Waals surface area (Å²) in [6.45, 7) is 12.7. The van der Waals surface area contributed by atoms with Crippen molar-refractivity contribution in [3.8, 4) is 0 Å². The van der Waals surface area contributed by atoms with E-state index in [1.165, 1.54) is 0 Å². The van der Waals surface area contributed by atoms with E-state index in [1.807, 2.05) is 44.2 Å². The minimum atomic E-state index is -1.07. The van der Waals surface area contributed by atoms with E-state index in [-0.39, 0.29) is 31.4 Å². The molecule has 0 aliphatic rings.